The van der Waals surface area contributed by atoms with Gasteiger partial charge in [-0.1, -0.05) is 6.92 Å². The van der Waals surface area contributed by atoms with E-state index in [9.17, 15) is 4.79 Å². The third-order valence-corrected chi connectivity index (χ3v) is 1.74. The van der Waals surface area contributed by atoms with Crippen molar-refractivity contribution < 1.29 is 4.79 Å². The molecule has 0 saturated heterocycles. The van der Waals surface area contributed by atoms with Crippen LogP contribution in [-0.4, -0.2) is 45.2 Å². The first-order chi connectivity index (χ1) is 6.81. The zero-order valence-electron chi connectivity index (χ0n) is 8.94. The molecule has 0 unspecified atom stereocenters. The molecule has 0 aromatic heterocycles. The summed E-state index contributed by atoms with van der Waals surface area (Å²) >= 11 is 0. The summed E-state index contributed by atoms with van der Waals surface area (Å²) in [5.74, 6) is 0.105. The van der Waals surface area contributed by atoms with Crippen molar-refractivity contribution in [2.45, 2.75) is 13.3 Å². The van der Waals surface area contributed by atoms with Gasteiger partial charge >= 0.3 is 0 Å². The molecule has 0 spiro atoms. The van der Waals surface area contributed by atoms with Gasteiger partial charge in [0, 0.05) is 45.7 Å². The molecule has 1 amide bonds. The first-order valence-electron chi connectivity index (χ1n) is 5.19. The Hall–Kier alpha value is -0.650. The van der Waals surface area contributed by atoms with Gasteiger partial charge in [-0.25, -0.2) is 0 Å². The van der Waals surface area contributed by atoms with Gasteiger partial charge in [0.05, 0.1) is 0 Å². The van der Waals surface area contributed by atoms with Crippen LogP contribution in [0.1, 0.15) is 13.3 Å². The van der Waals surface area contributed by atoms with Crippen molar-refractivity contribution in [3.8, 4) is 0 Å². The van der Waals surface area contributed by atoms with Gasteiger partial charge < -0.3 is 21.7 Å². The Labute approximate surface area is 85.8 Å². The second-order valence-corrected chi connectivity index (χ2v) is 2.99. The molecule has 0 rings (SSSR count). The van der Waals surface area contributed by atoms with E-state index >= 15 is 0 Å². The summed E-state index contributed by atoms with van der Waals surface area (Å²) in [6.07, 6.45) is 0.554. The van der Waals surface area contributed by atoms with Gasteiger partial charge in [0.15, 0.2) is 0 Å². The predicted octanol–water partition coefficient (Wildman–Crippen LogP) is -1.35. The normalized spacial score (nSPS) is 10.1. The number of nitrogens with two attached hydrogens (primary N) is 1. The SMILES string of the molecule is CCC(=O)NCCNCCNCCN. The summed E-state index contributed by atoms with van der Waals surface area (Å²) in [4.78, 5) is 10.8. The Morgan fingerprint density at radius 2 is 1.64 bits per heavy atom. The zero-order valence-corrected chi connectivity index (χ0v) is 8.94. The smallest absolute Gasteiger partial charge is 0.219 e. The maximum absolute atomic E-state index is 10.8. The van der Waals surface area contributed by atoms with Gasteiger partial charge in [-0.05, 0) is 0 Å². The van der Waals surface area contributed by atoms with E-state index in [0.29, 0.717) is 19.5 Å². The summed E-state index contributed by atoms with van der Waals surface area (Å²) in [6, 6.07) is 0. The van der Waals surface area contributed by atoms with E-state index in [1.807, 2.05) is 6.92 Å². The molecule has 0 radical (unpaired) electrons. The number of nitrogens with one attached hydrogen (secondary N) is 3. The molecule has 0 bridgehead atoms. The Kier molecular flexibility index (Phi) is 9.95. The molecule has 14 heavy (non-hydrogen) atoms. The molecule has 5 nitrogen and oxygen atoms in total. The van der Waals surface area contributed by atoms with Crippen LogP contribution in [0.4, 0.5) is 0 Å². The van der Waals surface area contributed by atoms with Crippen LogP contribution in [0.2, 0.25) is 0 Å². The highest BCUT2D eigenvalue weighted by atomic mass is 16.1. The fourth-order valence-electron chi connectivity index (χ4n) is 0.944. The molecular formula is C9H22N4O. The number of carbonyl (C=O) groups is 1. The molecule has 0 saturated carbocycles. The second-order valence-electron chi connectivity index (χ2n) is 2.99. The summed E-state index contributed by atoms with van der Waals surface area (Å²) in [5.41, 5.74) is 5.31. The van der Waals surface area contributed by atoms with Crippen LogP contribution in [0, 0.1) is 0 Å². The lowest BCUT2D eigenvalue weighted by Gasteiger charge is -2.06. The lowest BCUT2D eigenvalue weighted by molar-refractivity contribution is -0.120. The van der Waals surface area contributed by atoms with E-state index in [1.165, 1.54) is 0 Å². The van der Waals surface area contributed by atoms with E-state index in [0.717, 1.165) is 26.2 Å². The highest BCUT2D eigenvalue weighted by Crippen LogP contribution is 1.72. The van der Waals surface area contributed by atoms with E-state index in [4.69, 9.17) is 5.73 Å². The van der Waals surface area contributed by atoms with Crippen LogP contribution >= 0.6 is 0 Å². The predicted molar refractivity (Wildman–Crippen MR) is 58.1 cm³/mol. The van der Waals surface area contributed by atoms with E-state index in [1.54, 1.807) is 0 Å². The number of hydrogen-bond acceptors (Lipinski definition) is 4. The molecule has 84 valence electrons. The average Bonchev–Trinajstić information content (AvgIpc) is 2.21. The molecule has 0 aromatic rings. The van der Waals surface area contributed by atoms with Gasteiger partial charge in [0.1, 0.15) is 0 Å². The van der Waals surface area contributed by atoms with Gasteiger partial charge in [-0.3, -0.25) is 4.79 Å². The molecule has 0 aliphatic rings. The third-order valence-electron chi connectivity index (χ3n) is 1.74. The molecule has 5 heteroatoms. The molecule has 0 aliphatic carbocycles. The first-order valence-corrected chi connectivity index (χ1v) is 5.19. The molecular weight excluding hydrogens is 180 g/mol. The third kappa shape index (κ3) is 9.44. The Bertz CT molecular complexity index is 141. The average molecular weight is 202 g/mol. The maximum Gasteiger partial charge on any atom is 0.219 e. The molecule has 0 atom stereocenters. The van der Waals surface area contributed by atoms with Crippen LogP contribution < -0.4 is 21.7 Å². The minimum atomic E-state index is 0.105. The van der Waals surface area contributed by atoms with Gasteiger partial charge in [-0.15, -0.1) is 0 Å². The highest BCUT2D eigenvalue weighted by Gasteiger charge is 1.93. The first kappa shape index (κ1) is 13.4. The minimum Gasteiger partial charge on any atom is -0.355 e. The molecule has 5 N–H and O–H groups in total. The summed E-state index contributed by atoms with van der Waals surface area (Å²) in [5, 5.41) is 9.17. The lowest BCUT2D eigenvalue weighted by atomic mass is 10.4. The summed E-state index contributed by atoms with van der Waals surface area (Å²) in [6.45, 7) is 6.71. The van der Waals surface area contributed by atoms with Crippen molar-refractivity contribution >= 4 is 5.91 Å². The quantitative estimate of drug-likeness (QED) is 0.349. The van der Waals surface area contributed by atoms with Gasteiger partial charge in [0.25, 0.3) is 0 Å². The van der Waals surface area contributed by atoms with Gasteiger partial charge in [-0.2, -0.15) is 0 Å². The van der Waals surface area contributed by atoms with Crippen molar-refractivity contribution in [1.29, 1.82) is 0 Å². The number of amides is 1. The standard InChI is InChI=1S/C9H22N4O/c1-2-9(14)13-8-7-12-6-5-11-4-3-10/h11-12H,2-8,10H2,1H3,(H,13,14). The van der Waals surface area contributed by atoms with Crippen LogP contribution in [0.25, 0.3) is 0 Å². The fourth-order valence-corrected chi connectivity index (χ4v) is 0.944. The van der Waals surface area contributed by atoms with E-state index in [-0.39, 0.29) is 5.91 Å². The van der Waals surface area contributed by atoms with E-state index in [2.05, 4.69) is 16.0 Å². The van der Waals surface area contributed by atoms with Crippen molar-refractivity contribution in [3.05, 3.63) is 0 Å². The van der Waals surface area contributed by atoms with Crippen molar-refractivity contribution in [3.63, 3.8) is 0 Å². The Morgan fingerprint density at radius 3 is 2.21 bits per heavy atom. The van der Waals surface area contributed by atoms with Crippen LogP contribution in [0.3, 0.4) is 0 Å². The fraction of sp³-hybridized carbons (Fsp3) is 0.889. The van der Waals surface area contributed by atoms with Crippen LogP contribution in [0.5, 0.6) is 0 Å². The van der Waals surface area contributed by atoms with Crippen molar-refractivity contribution in [1.82, 2.24) is 16.0 Å². The highest BCUT2D eigenvalue weighted by molar-refractivity contribution is 5.75. The van der Waals surface area contributed by atoms with Crippen molar-refractivity contribution in [2.75, 3.05) is 39.3 Å². The lowest BCUT2D eigenvalue weighted by Crippen LogP contribution is -2.35. The van der Waals surface area contributed by atoms with E-state index < -0.39 is 0 Å². The molecule has 0 aromatic carbocycles. The maximum atomic E-state index is 10.8. The number of rotatable bonds is 9. The topological polar surface area (TPSA) is 79.2 Å². The molecule has 0 heterocycles. The van der Waals surface area contributed by atoms with Gasteiger partial charge in [0.2, 0.25) is 5.91 Å². The van der Waals surface area contributed by atoms with Crippen LogP contribution in [-0.2, 0) is 4.79 Å². The Balaban J connectivity index is 2.95. The minimum absolute atomic E-state index is 0.105. The second kappa shape index (κ2) is 10.4. The Morgan fingerprint density at radius 1 is 1.07 bits per heavy atom. The molecule has 0 fully saturated rings. The number of hydrogen-bond donors (Lipinski definition) is 4. The van der Waals surface area contributed by atoms with Crippen molar-refractivity contribution in [2.24, 2.45) is 5.73 Å². The largest absolute Gasteiger partial charge is 0.355 e. The zero-order chi connectivity index (χ0) is 10.6. The van der Waals surface area contributed by atoms with Crippen LogP contribution in [0.15, 0.2) is 0 Å². The summed E-state index contributed by atoms with van der Waals surface area (Å²) < 4.78 is 0. The monoisotopic (exact) mass is 202 g/mol. The summed E-state index contributed by atoms with van der Waals surface area (Å²) in [7, 11) is 0. The molecule has 0 aliphatic heterocycles. The number of carbonyl (C=O) groups excluding carboxylic acids is 1.